The van der Waals surface area contributed by atoms with Crippen molar-refractivity contribution in [1.29, 1.82) is 0 Å². The highest BCUT2D eigenvalue weighted by molar-refractivity contribution is 7.91. The SMILES string of the molecule is CC(C)S(=O)(=O)CC1CCC(C(=O)Cc2ccc(N3CCC(N)C3)cc2)CC1. The van der Waals surface area contributed by atoms with Gasteiger partial charge in [0, 0.05) is 37.2 Å². The molecule has 1 saturated carbocycles. The molecule has 28 heavy (non-hydrogen) atoms. The maximum atomic E-state index is 12.7. The second kappa shape index (κ2) is 8.95. The molecule has 1 aliphatic carbocycles. The van der Waals surface area contributed by atoms with E-state index in [4.69, 9.17) is 5.73 Å². The van der Waals surface area contributed by atoms with Gasteiger partial charge in [-0.05, 0) is 69.6 Å². The number of nitrogens with zero attached hydrogens (tertiary/aromatic N) is 1. The first-order valence-corrected chi connectivity index (χ1v) is 12.3. The fourth-order valence-corrected chi connectivity index (χ4v) is 5.74. The van der Waals surface area contributed by atoms with Crippen LogP contribution in [0.25, 0.3) is 0 Å². The zero-order valence-electron chi connectivity index (χ0n) is 17.1. The van der Waals surface area contributed by atoms with Crippen LogP contribution < -0.4 is 10.6 Å². The summed E-state index contributed by atoms with van der Waals surface area (Å²) in [5.74, 6) is 0.852. The first-order chi connectivity index (χ1) is 13.2. The van der Waals surface area contributed by atoms with E-state index in [0.29, 0.717) is 12.2 Å². The predicted octanol–water partition coefficient (Wildman–Crippen LogP) is 2.97. The van der Waals surface area contributed by atoms with Crippen molar-refractivity contribution in [3.05, 3.63) is 29.8 Å². The van der Waals surface area contributed by atoms with Crippen molar-refractivity contribution in [3.63, 3.8) is 0 Å². The van der Waals surface area contributed by atoms with Crippen LogP contribution in [0.1, 0.15) is 51.5 Å². The van der Waals surface area contributed by atoms with Crippen molar-refractivity contribution in [3.8, 4) is 0 Å². The molecule has 1 saturated heterocycles. The van der Waals surface area contributed by atoms with Crippen molar-refractivity contribution in [2.45, 2.75) is 63.7 Å². The topological polar surface area (TPSA) is 80.5 Å². The second-order valence-electron chi connectivity index (χ2n) is 8.90. The summed E-state index contributed by atoms with van der Waals surface area (Å²) < 4.78 is 24.2. The summed E-state index contributed by atoms with van der Waals surface area (Å²) in [5, 5.41) is -0.314. The first kappa shape index (κ1) is 21.3. The zero-order chi connectivity index (χ0) is 20.3. The van der Waals surface area contributed by atoms with Gasteiger partial charge in [0.15, 0.2) is 9.84 Å². The number of rotatable bonds is 7. The van der Waals surface area contributed by atoms with Crippen LogP contribution in [0.5, 0.6) is 0 Å². The van der Waals surface area contributed by atoms with Crippen LogP contribution in [-0.2, 0) is 21.1 Å². The number of nitrogens with two attached hydrogens (primary N) is 1. The highest BCUT2D eigenvalue weighted by atomic mass is 32.2. The van der Waals surface area contributed by atoms with Gasteiger partial charge >= 0.3 is 0 Å². The molecule has 1 unspecified atom stereocenters. The van der Waals surface area contributed by atoms with E-state index in [2.05, 4.69) is 29.2 Å². The smallest absolute Gasteiger partial charge is 0.152 e. The third-order valence-corrected chi connectivity index (χ3v) is 8.77. The van der Waals surface area contributed by atoms with Crippen molar-refractivity contribution < 1.29 is 13.2 Å². The molecule has 1 atom stereocenters. The fraction of sp³-hybridized carbons (Fsp3) is 0.682. The molecule has 0 radical (unpaired) electrons. The lowest BCUT2D eigenvalue weighted by molar-refractivity contribution is -0.123. The first-order valence-electron chi connectivity index (χ1n) is 10.6. The van der Waals surface area contributed by atoms with E-state index >= 15 is 0 Å². The lowest BCUT2D eigenvalue weighted by atomic mass is 9.79. The van der Waals surface area contributed by atoms with E-state index < -0.39 is 9.84 Å². The summed E-state index contributed by atoms with van der Waals surface area (Å²) in [6, 6.07) is 8.55. The molecule has 1 aliphatic heterocycles. The minimum absolute atomic E-state index is 0.0780. The monoisotopic (exact) mass is 406 g/mol. The van der Waals surface area contributed by atoms with Crippen LogP contribution in [-0.4, -0.2) is 44.3 Å². The third kappa shape index (κ3) is 5.35. The fourth-order valence-electron chi connectivity index (χ4n) is 4.36. The van der Waals surface area contributed by atoms with Gasteiger partial charge in [0.05, 0.1) is 11.0 Å². The number of hydrogen-bond donors (Lipinski definition) is 1. The number of ketones is 1. The van der Waals surface area contributed by atoms with E-state index in [0.717, 1.165) is 50.8 Å². The maximum absolute atomic E-state index is 12.7. The van der Waals surface area contributed by atoms with Gasteiger partial charge in [0.25, 0.3) is 0 Å². The van der Waals surface area contributed by atoms with Gasteiger partial charge in [-0.1, -0.05) is 12.1 Å². The van der Waals surface area contributed by atoms with Gasteiger partial charge in [-0.3, -0.25) is 4.79 Å². The Bertz CT molecular complexity index is 765. The molecule has 6 heteroatoms. The van der Waals surface area contributed by atoms with Crippen LogP contribution in [0.3, 0.4) is 0 Å². The molecule has 0 bridgehead atoms. The molecule has 1 heterocycles. The van der Waals surface area contributed by atoms with Crippen LogP contribution in [0, 0.1) is 11.8 Å². The summed E-state index contributed by atoms with van der Waals surface area (Å²) in [5.41, 5.74) is 8.21. The number of benzene rings is 1. The summed E-state index contributed by atoms with van der Waals surface area (Å²) in [4.78, 5) is 15.0. The van der Waals surface area contributed by atoms with Gasteiger partial charge in [-0.15, -0.1) is 0 Å². The second-order valence-corrected chi connectivity index (χ2v) is 11.5. The Labute approximate surface area is 169 Å². The summed E-state index contributed by atoms with van der Waals surface area (Å²) >= 11 is 0. The van der Waals surface area contributed by atoms with Crippen molar-refractivity contribution in [2.75, 3.05) is 23.7 Å². The number of anilines is 1. The zero-order valence-corrected chi connectivity index (χ0v) is 18.0. The number of Topliss-reactive ketones (excluding diaryl/α,β-unsaturated/α-hetero) is 1. The highest BCUT2D eigenvalue weighted by Gasteiger charge is 2.30. The summed E-state index contributed by atoms with van der Waals surface area (Å²) in [6.07, 6.45) is 4.83. The van der Waals surface area contributed by atoms with Crippen LogP contribution >= 0.6 is 0 Å². The van der Waals surface area contributed by atoms with E-state index in [1.54, 1.807) is 13.8 Å². The largest absolute Gasteiger partial charge is 0.370 e. The van der Waals surface area contributed by atoms with E-state index in [-0.39, 0.29) is 28.9 Å². The average molecular weight is 407 g/mol. The Balaban J connectivity index is 1.48. The molecular formula is C22H34N2O3S. The van der Waals surface area contributed by atoms with E-state index in [9.17, 15) is 13.2 Å². The van der Waals surface area contributed by atoms with Crippen LogP contribution in [0.2, 0.25) is 0 Å². The quantitative estimate of drug-likeness (QED) is 0.753. The van der Waals surface area contributed by atoms with Crippen molar-refractivity contribution in [2.24, 2.45) is 17.6 Å². The Kier molecular flexibility index (Phi) is 6.81. The molecule has 1 aromatic rings. The molecule has 3 rings (SSSR count). The van der Waals surface area contributed by atoms with E-state index in [1.807, 2.05) is 0 Å². The van der Waals surface area contributed by atoms with Crippen molar-refractivity contribution >= 4 is 21.3 Å². The molecule has 5 nitrogen and oxygen atoms in total. The molecule has 0 aromatic heterocycles. The summed E-state index contributed by atoms with van der Waals surface area (Å²) in [6.45, 7) is 5.38. The predicted molar refractivity (Wildman–Crippen MR) is 114 cm³/mol. The lowest BCUT2D eigenvalue weighted by Gasteiger charge is -2.28. The normalized spacial score (nSPS) is 26.0. The molecule has 0 amide bonds. The lowest BCUT2D eigenvalue weighted by Crippen LogP contribution is -2.29. The third-order valence-electron chi connectivity index (χ3n) is 6.39. The Morgan fingerprint density at radius 2 is 1.75 bits per heavy atom. The van der Waals surface area contributed by atoms with Gasteiger partial charge in [-0.25, -0.2) is 8.42 Å². The Morgan fingerprint density at radius 1 is 1.11 bits per heavy atom. The highest BCUT2D eigenvalue weighted by Crippen LogP contribution is 2.32. The maximum Gasteiger partial charge on any atom is 0.152 e. The molecule has 2 fully saturated rings. The minimum atomic E-state index is -3.00. The van der Waals surface area contributed by atoms with Gasteiger partial charge in [0.1, 0.15) is 5.78 Å². The summed E-state index contributed by atoms with van der Waals surface area (Å²) in [7, 11) is -3.00. The number of hydrogen-bond acceptors (Lipinski definition) is 5. The minimum Gasteiger partial charge on any atom is -0.370 e. The molecule has 1 aromatic carbocycles. The van der Waals surface area contributed by atoms with Gasteiger partial charge in [-0.2, -0.15) is 0 Å². The van der Waals surface area contributed by atoms with Crippen LogP contribution in [0.4, 0.5) is 5.69 Å². The Hall–Kier alpha value is -1.40. The standard InChI is InChI=1S/C22H34N2O3S/c1-16(2)28(26,27)15-18-3-7-19(8-4-18)22(25)13-17-5-9-21(10-6-17)24-12-11-20(23)14-24/h5-6,9-10,16,18-20H,3-4,7-8,11-15,23H2,1-2H3. The number of carbonyl (C=O) groups is 1. The molecule has 2 N–H and O–H groups in total. The van der Waals surface area contributed by atoms with Gasteiger partial charge < -0.3 is 10.6 Å². The van der Waals surface area contributed by atoms with Crippen molar-refractivity contribution in [1.82, 2.24) is 0 Å². The molecule has 156 valence electrons. The number of carbonyl (C=O) groups excluding carboxylic acids is 1. The average Bonchev–Trinajstić information content (AvgIpc) is 3.09. The Morgan fingerprint density at radius 3 is 2.29 bits per heavy atom. The molecule has 2 aliphatic rings. The van der Waals surface area contributed by atoms with Gasteiger partial charge in [0.2, 0.25) is 0 Å². The molecule has 0 spiro atoms. The number of sulfone groups is 1. The van der Waals surface area contributed by atoms with Crippen LogP contribution in [0.15, 0.2) is 24.3 Å². The molecular weight excluding hydrogens is 372 g/mol. The van der Waals surface area contributed by atoms with E-state index in [1.165, 1.54) is 5.69 Å².